The van der Waals surface area contributed by atoms with Gasteiger partial charge >= 0.3 is 0 Å². The molecule has 0 aromatic carbocycles. The van der Waals surface area contributed by atoms with Crippen LogP contribution in [0.4, 0.5) is 0 Å². The summed E-state index contributed by atoms with van der Waals surface area (Å²) in [5.41, 5.74) is 0. The molecular weight excluding hydrogens is 328 g/mol. The maximum absolute atomic E-state index is 11.4. The van der Waals surface area contributed by atoms with Crippen LogP contribution in [-0.2, 0) is 16.4 Å². The Kier molecular flexibility index (Phi) is 7.51. The average molecular weight is 356 g/mol. The number of nitrogens with zero attached hydrogens (tertiary/aromatic N) is 4. The van der Waals surface area contributed by atoms with Gasteiger partial charge in [-0.05, 0) is 19.4 Å². The van der Waals surface area contributed by atoms with Gasteiger partial charge in [0.15, 0.2) is 15.8 Å². The van der Waals surface area contributed by atoms with Gasteiger partial charge in [-0.3, -0.25) is 14.6 Å². The maximum Gasteiger partial charge on any atom is 0.191 e. The first-order valence-corrected chi connectivity index (χ1v) is 10.3. The van der Waals surface area contributed by atoms with Crippen LogP contribution in [0.25, 0.3) is 0 Å². The van der Waals surface area contributed by atoms with E-state index in [1.165, 1.54) is 0 Å². The smallest absolute Gasteiger partial charge is 0.191 e. The van der Waals surface area contributed by atoms with Crippen molar-refractivity contribution in [3.05, 3.63) is 18.5 Å². The molecule has 24 heavy (non-hydrogen) atoms. The Labute approximate surface area is 144 Å². The summed E-state index contributed by atoms with van der Waals surface area (Å²) in [6.45, 7) is 7.28. The normalized spacial score (nSPS) is 18.5. The summed E-state index contributed by atoms with van der Waals surface area (Å²) in [7, 11) is -2.80. The zero-order chi connectivity index (χ0) is 17.3. The summed E-state index contributed by atoms with van der Waals surface area (Å²) in [4.78, 5) is 6.73. The number of guanidine groups is 1. The number of rotatable bonds is 8. The molecule has 1 aliphatic heterocycles. The van der Waals surface area contributed by atoms with Gasteiger partial charge in [-0.2, -0.15) is 5.10 Å². The Morgan fingerprint density at radius 2 is 2.04 bits per heavy atom. The van der Waals surface area contributed by atoms with Gasteiger partial charge in [0.1, 0.15) is 0 Å². The molecule has 1 aromatic rings. The van der Waals surface area contributed by atoms with Crippen molar-refractivity contribution < 1.29 is 8.42 Å². The molecule has 1 aromatic heterocycles. The van der Waals surface area contributed by atoms with E-state index in [1.54, 1.807) is 6.20 Å². The van der Waals surface area contributed by atoms with Crippen LogP contribution in [0.1, 0.15) is 13.3 Å². The highest BCUT2D eigenvalue weighted by atomic mass is 32.2. The van der Waals surface area contributed by atoms with E-state index in [-0.39, 0.29) is 11.5 Å². The minimum atomic E-state index is -2.80. The molecule has 0 spiro atoms. The predicted molar refractivity (Wildman–Crippen MR) is 95.9 cm³/mol. The van der Waals surface area contributed by atoms with E-state index in [1.807, 2.05) is 23.9 Å². The van der Waals surface area contributed by atoms with Crippen molar-refractivity contribution in [2.75, 3.05) is 50.8 Å². The molecule has 0 saturated carbocycles. The summed E-state index contributed by atoms with van der Waals surface area (Å²) < 4.78 is 24.7. The monoisotopic (exact) mass is 356 g/mol. The predicted octanol–water partition coefficient (Wildman–Crippen LogP) is -0.441. The number of hydrogen-bond donors (Lipinski definition) is 2. The van der Waals surface area contributed by atoms with Crippen molar-refractivity contribution in [1.82, 2.24) is 25.3 Å². The molecule has 0 unspecified atom stereocenters. The van der Waals surface area contributed by atoms with Crippen LogP contribution in [0.15, 0.2) is 23.5 Å². The highest BCUT2D eigenvalue weighted by Crippen LogP contribution is 2.02. The van der Waals surface area contributed by atoms with Crippen molar-refractivity contribution in [3.8, 4) is 0 Å². The molecule has 1 saturated heterocycles. The molecule has 1 fully saturated rings. The number of aryl methyl sites for hydroxylation is 1. The Morgan fingerprint density at radius 3 is 2.71 bits per heavy atom. The maximum atomic E-state index is 11.4. The second-order valence-electron chi connectivity index (χ2n) is 5.80. The summed E-state index contributed by atoms with van der Waals surface area (Å²) in [5, 5.41) is 10.7. The SMILES string of the molecule is CCNC(=NCCCn1cccn1)NCCN1CCS(=O)(=O)CC1. The van der Waals surface area contributed by atoms with Gasteiger partial charge in [0.25, 0.3) is 0 Å². The van der Waals surface area contributed by atoms with Gasteiger partial charge in [0.05, 0.1) is 11.5 Å². The lowest BCUT2D eigenvalue weighted by molar-refractivity contribution is 0.299. The first-order chi connectivity index (χ1) is 11.6. The highest BCUT2D eigenvalue weighted by molar-refractivity contribution is 7.91. The second-order valence-corrected chi connectivity index (χ2v) is 8.11. The van der Waals surface area contributed by atoms with Crippen LogP contribution in [0.3, 0.4) is 0 Å². The van der Waals surface area contributed by atoms with Crippen LogP contribution in [0, 0.1) is 0 Å². The Bertz CT molecular complexity index is 585. The van der Waals surface area contributed by atoms with Crippen LogP contribution >= 0.6 is 0 Å². The fourth-order valence-corrected chi connectivity index (χ4v) is 3.78. The average Bonchev–Trinajstić information content (AvgIpc) is 3.06. The van der Waals surface area contributed by atoms with E-state index in [0.717, 1.165) is 45.1 Å². The van der Waals surface area contributed by atoms with Gasteiger partial charge in [-0.15, -0.1) is 0 Å². The molecule has 0 amide bonds. The zero-order valence-corrected chi connectivity index (χ0v) is 15.1. The van der Waals surface area contributed by atoms with E-state index in [4.69, 9.17) is 0 Å². The molecule has 1 aliphatic rings. The third kappa shape index (κ3) is 6.88. The topological polar surface area (TPSA) is 91.6 Å². The van der Waals surface area contributed by atoms with Crippen molar-refractivity contribution >= 4 is 15.8 Å². The third-order valence-corrected chi connectivity index (χ3v) is 5.49. The van der Waals surface area contributed by atoms with E-state index < -0.39 is 9.84 Å². The number of nitrogens with one attached hydrogen (secondary N) is 2. The van der Waals surface area contributed by atoms with Crippen LogP contribution < -0.4 is 10.6 Å². The number of sulfone groups is 1. The van der Waals surface area contributed by atoms with Crippen LogP contribution in [0.2, 0.25) is 0 Å². The standard InChI is InChI=1S/C15H28N6O2S/c1-2-16-15(17-5-3-8-21-9-4-6-19-21)18-7-10-20-11-13-24(22,23)14-12-20/h4,6,9H,2-3,5,7-8,10-14H2,1H3,(H2,16,17,18). The molecule has 2 rings (SSSR count). The second kappa shape index (κ2) is 9.63. The lowest BCUT2D eigenvalue weighted by Crippen LogP contribution is -2.46. The number of aromatic nitrogens is 2. The highest BCUT2D eigenvalue weighted by Gasteiger charge is 2.20. The first kappa shape index (κ1) is 18.7. The summed E-state index contributed by atoms with van der Waals surface area (Å²) in [6, 6.07) is 1.92. The molecule has 2 heterocycles. The van der Waals surface area contributed by atoms with Gasteiger partial charge in [0, 0.05) is 58.2 Å². The molecule has 0 radical (unpaired) electrons. The van der Waals surface area contributed by atoms with E-state index in [2.05, 4.69) is 25.6 Å². The van der Waals surface area contributed by atoms with Gasteiger partial charge in [0.2, 0.25) is 0 Å². The Morgan fingerprint density at radius 1 is 1.25 bits per heavy atom. The van der Waals surface area contributed by atoms with Crippen molar-refractivity contribution in [3.63, 3.8) is 0 Å². The van der Waals surface area contributed by atoms with Crippen molar-refractivity contribution in [1.29, 1.82) is 0 Å². The summed E-state index contributed by atoms with van der Waals surface area (Å²) in [5.74, 6) is 1.35. The van der Waals surface area contributed by atoms with Crippen molar-refractivity contribution in [2.24, 2.45) is 4.99 Å². The van der Waals surface area contributed by atoms with Gasteiger partial charge in [-0.25, -0.2) is 8.42 Å². The fourth-order valence-electron chi connectivity index (χ4n) is 2.50. The molecule has 0 bridgehead atoms. The lowest BCUT2D eigenvalue weighted by Gasteiger charge is -2.26. The molecule has 8 nitrogen and oxygen atoms in total. The van der Waals surface area contributed by atoms with E-state index in [0.29, 0.717) is 13.1 Å². The third-order valence-electron chi connectivity index (χ3n) is 3.88. The van der Waals surface area contributed by atoms with E-state index in [9.17, 15) is 8.42 Å². The van der Waals surface area contributed by atoms with Gasteiger partial charge < -0.3 is 10.6 Å². The van der Waals surface area contributed by atoms with Gasteiger partial charge in [-0.1, -0.05) is 0 Å². The molecular formula is C15H28N6O2S. The molecule has 0 aliphatic carbocycles. The van der Waals surface area contributed by atoms with Crippen LogP contribution in [-0.4, -0.2) is 79.8 Å². The zero-order valence-electron chi connectivity index (χ0n) is 14.3. The molecule has 2 N–H and O–H groups in total. The minimum absolute atomic E-state index is 0.272. The molecule has 9 heteroatoms. The quantitative estimate of drug-likeness (QED) is 0.373. The van der Waals surface area contributed by atoms with Crippen LogP contribution in [0.5, 0.6) is 0 Å². The summed E-state index contributed by atoms with van der Waals surface area (Å²) in [6.07, 6.45) is 4.66. The lowest BCUT2D eigenvalue weighted by atomic mass is 10.4. The molecule has 0 atom stereocenters. The number of hydrogen-bond acceptors (Lipinski definition) is 5. The Balaban J connectivity index is 1.65. The Hall–Kier alpha value is -1.61. The fraction of sp³-hybridized carbons (Fsp3) is 0.733. The minimum Gasteiger partial charge on any atom is -0.357 e. The summed E-state index contributed by atoms with van der Waals surface area (Å²) >= 11 is 0. The first-order valence-electron chi connectivity index (χ1n) is 8.51. The largest absolute Gasteiger partial charge is 0.357 e. The van der Waals surface area contributed by atoms with E-state index >= 15 is 0 Å². The van der Waals surface area contributed by atoms with Crippen molar-refractivity contribution in [2.45, 2.75) is 19.9 Å². The number of aliphatic imine (C=N–C) groups is 1. The molecule has 136 valence electrons.